The van der Waals surface area contributed by atoms with Gasteiger partial charge in [0.05, 0.1) is 6.54 Å². The molecule has 2 rings (SSSR count). The fourth-order valence-electron chi connectivity index (χ4n) is 3.30. The first-order valence-corrected chi connectivity index (χ1v) is 9.04. The van der Waals surface area contributed by atoms with Gasteiger partial charge in [0.25, 0.3) is 0 Å². The van der Waals surface area contributed by atoms with Crippen molar-refractivity contribution in [3.8, 4) is 0 Å². The molecule has 0 saturated heterocycles. The standard InChI is InChI=1S/C19H30N4O2/c1-22(2)14-18(24)21-17-9-7-15(8-10-17)19(25)23(3)13-11-16-6-4-5-12-20-16/h4-6,12,15,17H,7-11,13-14H2,1-3H3,(H,21,24). The molecule has 1 N–H and O–H groups in total. The monoisotopic (exact) mass is 346 g/mol. The molecule has 1 aliphatic carbocycles. The molecule has 6 nitrogen and oxygen atoms in total. The van der Waals surface area contributed by atoms with Crippen LogP contribution in [0.4, 0.5) is 0 Å². The number of likely N-dealkylation sites (N-methyl/N-ethyl adjacent to an activating group) is 2. The molecule has 1 fully saturated rings. The Bertz CT molecular complexity index is 554. The molecule has 1 saturated carbocycles. The van der Waals surface area contributed by atoms with Gasteiger partial charge >= 0.3 is 0 Å². The van der Waals surface area contributed by atoms with Crippen molar-refractivity contribution in [2.75, 3.05) is 34.2 Å². The zero-order valence-corrected chi connectivity index (χ0v) is 15.6. The lowest BCUT2D eigenvalue weighted by molar-refractivity contribution is -0.135. The predicted octanol–water partition coefficient (Wildman–Crippen LogP) is 1.32. The van der Waals surface area contributed by atoms with Gasteiger partial charge in [-0.1, -0.05) is 6.07 Å². The maximum atomic E-state index is 12.6. The zero-order valence-electron chi connectivity index (χ0n) is 15.6. The number of hydrogen-bond acceptors (Lipinski definition) is 4. The van der Waals surface area contributed by atoms with Crippen LogP contribution in [-0.2, 0) is 16.0 Å². The van der Waals surface area contributed by atoms with Crippen molar-refractivity contribution in [2.45, 2.75) is 38.1 Å². The van der Waals surface area contributed by atoms with Crippen LogP contribution in [0.5, 0.6) is 0 Å². The molecule has 2 amide bonds. The maximum Gasteiger partial charge on any atom is 0.234 e. The van der Waals surface area contributed by atoms with E-state index in [4.69, 9.17) is 0 Å². The number of amides is 2. The Kier molecular flexibility index (Phi) is 7.37. The van der Waals surface area contributed by atoms with Crippen LogP contribution in [0.3, 0.4) is 0 Å². The summed E-state index contributed by atoms with van der Waals surface area (Å²) in [5.41, 5.74) is 1.01. The highest BCUT2D eigenvalue weighted by atomic mass is 16.2. The molecular weight excluding hydrogens is 316 g/mol. The van der Waals surface area contributed by atoms with Crippen molar-refractivity contribution < 1.29 is 9.59 Å². The highest BCUT2D eigenvalue weighted by Crippen LogP contribution is 2.25. The van der Waals surface area contributed by atoms with Crippen molar-refractivity contribution in [3.63, 3.8) is 0 Å². The van der Waals surface area contributed by atoms with Gasteiger partial charge in [-0.25, -0.2) is 0 Å². The first-order valence-electron chi connectivity index (χ1n) is 9.04. The van der Waals surface area contributed by atoms with Crippen molar-refractivity contribution >= 4 is 11.8 Å². The number of nitrogens with one attached hydrogen (secondary N) is 1. The number of carbonyl (C=O) groups is 2. The van der Waals surface area contributed by atoms with Crippen LogP contribution in [-0.4, -0.2) is 66.9 Å². The number of aromatic nitrogens is 1. The minimum absolute atomic E-state index is 0.0623. The van der Waals surface area contributed by atoms with Crippen LogP contribution in [0.2, 0.25) is 0 Å². The van der Waals surface area contributed by atoms with Crippen LogP contribution in [0.25, 0.3) is 0 Å². The Morgan fingerprint density at radius 2 is 1.88 bits per heavy atom. The van der Waals surface area contributed by atoms with E-state index in [2.05, 4.69) is 10.3 Å². The fourth-order valence-corrected chi connectivity index (χ4v) is 3.30. The minimum Gasteiger partial charge on any atom is -0.352 e. The van der Waals surface area contributed by atoms with E-state index >= 15 is 0 Å². The average molecular weight is 346 g/mol. The van der Waals surface area contributed by atoms with Crippen molar-refractivity contribution in [2.24, 2.45) is 5.92 Å². The Morgan fingerprint density at radius 1 is 1.16 bits per heavy atom. The second kappa shape index (κ2) is 9.51. The number of pyridine rings is 1. The van der Waals surface area contributed by atoms with Crippen molar-refractivity contribution in [3.05, 3.63) is 30.1 Å². The molecule has 0 bridgehead atoms. The molecule has 0 spiro atoms. The Hall–Kier alpha value is -1.95. The summed E-state index contributed by atoms with van der Waals surface area (Å²) in [7, 11) is 5.64. The van der Waals surface area contributed by atoms with Gasteiger partial charge in [0.1, 0.15) is 0 Å². The first-order chi connectivity index (χ1) is 12.0. The Labute approximate surface area is 150 Å². The van der Waals surface area contributed by atoms with E-state index < -0.39 is 0 Å². The molecule has 1 aromatic heterocycles. The SMILES string of the molecule is CN(C)CC(=O)NC1CCC(C(=O)N(C)CCc2ccccn2)CC1. The summed E-state index contributed by atoms with van der Waals surface area (Å²) in [6, 6.07) is 6.06. The van der Waals surface area contributed by atoms with Crippen molar-refractivity contribution in [1.29, 1.82) is 0 Å². The minimum atomic E-state index is 0.0623. The van der Waals surface area contributed by atoms with Crippen LogP contribution in [0.1, 0.15) is 31.4 Å². The molecule has 1 heterocycles. The van der Waals surface area contributed by atoms with E-state index in [0.717, 1.165) is 37.8 Å². The molecule has 0 atom stereocenters. The van der Waals surface area contributed by atoms with E-state index in [1.165, 1.54) is 0 Å². The number of carbonyl (C=O) groups excluding carboxylic acids is 2. The van der Waals surface area contributed by atoms with Crippen LogP contribution in [0.15, 0.2) is 24.4 Å². The topological polar surface area (TPSA) is 65.5 Å². The van der Waals surface area contributed by atoms with E-state index in [1.807, 2.05) is 49.1 Å². The summed E-state index contributed by atoms with van der Waals surface area (Å²) in [6.45, 7) is 1.10. The van der Waals surface area contributed by atoms with Gasteiger partial charge in [-0.2, -0.15) is 0 Å². The van der Waals surface area contributed by atoms with Crippen LogP contribution < -0.4 is 5.32 Å². The van der Waals surface area contributed by atoms with Gasteiger partial charge in [0.15, 0.2) is 0 Å². The van der Waals surface area contributed by atoms with Crippen LogP contribution in [0, 0.1) is 5.92 Å². The number of hydrogen-bond donors (Lipinski definition) is 1. The summed E-state index contributed by atoms with van der Waals surface area (Å²) in [4.78, 5) is 32.4. The summed E-state index contributed by atoms with van der Waals surface area (Å²) in [5, 5.41) is 3.07. The number of rotatable bonds is 7. The molecule has 1 aromatic rings. The lowest BCUT2D eigenvalue weighted by Gasteiger charge is -2.31. The average Bonchev–Trinajstić information content (AvgIpc) is 2.60. The number of nitrogens with zero attached hydrogens (tertiary/aromatic N) is 3. The fraction of sp³-hybridized carbons (Fsp3) is 0.632. The van der Waals surface area contributed by atoms with E-state index in [-0.39, 0.29) is 23.8 Å². The first kappa shape index (κ1) is 19.4. The van der Waals surface area contributed by atoms with Gasteiger partial charge in [0.2, 0.25) is 11.8 Å². The summed E-state index contributed by atoms with van der Waals surface area (Å²) < 4.78 is 0. The quantitative estimate of drug-likeness (QED) is 0.809. The largest absolute Gasteiger partial charge is 0.352 e. The molecular formula is C19H30N4O2. The third-order valence-corrected chi connectivity index (χ3v) is 4.71. The zero-order chi connectivity index (χ0) is 18.2. The second-order valence-corrected chi connectivity index (χ2v) is 7.18. The van der Waals surface area contributed by atoms with Gasteiger partial charge < -0.3 is 15.1 Å². The highest BCUT2D eigenvalue weighted by molar-refractivity contribution is 5.79. The predicted molar refractivity (Wildman–Crippen MR) is 98.0 cm³/mol. The third-order valence-electron chi connectivity index (χ3n) is 4.71. The Morgan fingerprint density at radius 3 is 2.48 bits per heavy atom. The third kappa shape index (κ3) is 6.46. The second-order valence-electron chi connectivity index (χ2n) is 7.18. The molecule has 138 valence electrons. The lowest BCUT2D eigenvalue weighted by atomic mass is 9.85. The highest BCUT2D eigenvalue weighted by Gasteiger charge is 2.28. The summed E-state index contributed by atoms with van der Waals surface area (Å²) in [5.74, 6) is 0.358. The molecule has 0 aromatic carbocycles. The Balaban J connectivity index is 1.72. The molecule has 0 unspecified atom stereocenters. The van der Waals surface area contributed by atoms with Gasteiger partial charge in [0, 0.05) is 43.9 Å². The van der Waals surface area contributed by atoms with Crippen LogP contribution >= 0.6 is 0 Å². The van der Waals surface area contributed by atoms with E-state index in [0.29, 0.717) is 13.1 Å². The van der Waals surface area contributed by atoms with Crippen molar-refractivity contribution in [1.82, 2.24) is 20.1 Å². The molecule has 6 heteroatoms. The smallest absolute Gasteiger partial charge is 0.234 e. The maximum absolute atomic E-state index is 12.6. The van der Waals surface area contributed by atoms with Gasteiger partial charge in [-0.05, 0) is 51.9 Å². The van der Waals surface area contributed by atoms with Gasteiger partial charge in [-0.3, -0.25) is 14.6 Å². The summed E-state index contributed by atoms with van der Waals surface area (Å²) in [6.07, 6.45) is 6.01. The summed E-state index contributed by atoms with van der Waals surface area (Å²) >= 11 is 0. The molecule has 0 radical (unpaired) electrons. The van der Waals surface area contributed by atoms with E-state index in [1.54, 1.807) is 6.20 Å². The van der Waals surface area contributed by atoms with E-state index in [9.17, 15) is 9.59 Å². The molecule has 1 aliphatic rings. The lowest BCUT2D eigenvalue weighted by Crippen LogP contribution is -2.44. The normalized spacial score (nSPS) is 20.3. The molecule has 25 heavy (non-hydrogen) atoms. The molecule has 0 aliphatic heterocycles. The van der Waals surface area contributed by atoms with Gasteiger partial charge in [-0.15, -0.1) is 0 Å².